The molecule has 0 N–H and O–H groups in total. The first-order valence-electron chi connectivity index (χ1n) is 12.2. The monoisotopic (exact) mass is 519 g/mol. The van der Waals surface area contributed by atoms with Crippen molar-refractivity contribution in [2.75, 3.05) is 55.7 Å². The molecule has 0 aliphatic carbocycles. The molecule has 0 unspecified atom stereocenters. The van der Waals surface area contributed by atoms with Crippen LogP contribution in [0, 0.1) is 0 Å². The highest BCUT2D eigenvalue weighted by Gasteiger charge is 2.19. The Hall–Kier alpha value is -4.33. The molecule has 0 aliphatic heterocycles. The predicted octanol–water partition coefficient (Wildman–Crippen LogP) is 5.12. The fourth-order valence-corrected chi connectivity index (χ4v) is 4.49. The zero-order valence-corrected chi connectivity index (χ0v) is 22.6. The van der Waals surface area contributed by atoms with Crippen molar-refractivity contribution in [3.8, 4) is 34.5 Å². The van der Waals surface area contributed by atoms with Crippen LogP contribution in [0.1, 0.15) is 5.56 Å². The smallest absolute Gasteiger partial charge is 0.260 e. The lowest BCUT2D eigenvalue weighted by atomic mass is 9.95. The average molecular weight is 520 g/mol. The maximum atomic E-state index is 12.8. The van der Waals surface area contributed by atoms with Crippen LogP contribution in [-0.4, -0.2) is 66.6 Å². The van der Waals surface area contributed by atoms with E-state index in [1.54, 1.807) is 71.8 Å². The zero-order valence-electron chi connectivity index (χ0n) is 22.6. The number of carbonyl (C=O) groups excluding carboxylic acids is 1. The average Bonchev–Trinajstić information content (AvgIpc) is 2.97. The molecule has 0 saturated heterocycles. The van der Waals surface area contributed by atoms with Gasteiger partial charge in [-0.2, -0.15) is 0 Å². The van der Waals surface area contributed by atoms with Crippen LogP contribution in [0.5, 0.6) is 34.5 Å². The first-order chi connectivity index (χ1) is 18.4. The molecular weight excluding hydrogens is 486 g/mol. The molecule has 38 heavy (non-hydrogen) atoms. The van der Waals surface area contributed by atoms with Gasteiger partial charge in [0.25, 0.3) is 5.91 Å². The predicted molar refractivity (Wildman–Crippen MR) is 147 cm³/mol. The van der Waals surface area contributed by atoms with Gasteiger partial charge in [-0.05, 0) is 70.6 Å². The Morgan fingerprint density at radius 3 is 2.00 bits per heavy atom. The van der Waals surface area contributed by atoms with Crippen LogP contribution in [0.25, 0.3) is 21.5 Å². The van der Waals surface area contributed by atoms with Gasteiger partial charge in [-0.1, -0.05) is 12.1 Å². The van der Waals surface area contributed by atoms with E-state index in [1.807, 2.05) is 24.3 Å². The highest BCUT2D eigenvalue weighted by molar-refractivity contribution is 6.13. The van der Waals surface area contributed by atoms with Gasteiger partial charge < -0.3 is 33.3 Å². The number of benzene rings is 4. The minimum atomic E-state index is -0.118. The molecule has 200 valence electrons. The summed E-state index contributed by atoms with van der Waals surface area (Å²) in [5, 5.41) is 3.86. The third-order valence-corrected chi connectivity index (χ3v) is 6.61. The van der Waals surface area contributed by atoms with Gasteiger partial charge in [0, 0.05) is 19.0 Å². The second-order valence-electron chi connectivity index (χ2n) is 8.72. The molecule has 0 atom stereocenters. The minimum Gasteiger partial charge on any atom is -0.497 e. The van der Waals surface area contributed by atoms with E-state index in [0.717, 1.165) is 32.9 Å². The molecule has 0 bridgehead atoms. The maximum absolute atomic E-state index is 12.8. The van der Waals surface area contributed by atoms with Crippen molar-refractivity contribution in [2.24, 2.45) is 0 Å². The van der Waals surface area contributed by atoms with Crippen molar-refractivity contribution in [2.45, 2.75) is 6.42 Å². The van der Waals surface area contributed by atoms with Crippen LogP contribution in [-0.2, 0) is 11.2 Å². The number of hydrogen-bond acceptors (Lipinski definition) is 7. The van der Waals surface area contributed by atoms with E-state index >= 15 is 0 Å². The second-order valence-corrected chi connectivity index (χ2v) is 8.72. The van der Waals surface area contributed by atoms with Crippen LogP contribution in [0.15, 0.2) is 54.6 Å². The summed E-state index contributed by atoms with van der Waals surface area (Å²) < 4.78 is 33.4. The summed E-state index contributed by atoms with van der Waals surface area (Å²) in [7, 11) is 9.86. The number of amides is 1. The molecular formula is C30H33NO7. The zero-order chi connectivity index (χ0) is 27.2. The van der Waals surface area contributed by atoms with E-state index in [9.17, 15) is 4.79 Å². The fourth-order valence-electron chi connectivity index (χ4n) is 4.49. The number of hydrogen-bond donors (Lipinski definition) is 0. The molecule has 4 aromatic rings. The molecule has 0 spiro atoms. The second kappa shape index (κ2) is 11.8. The van der Waals surface area contributed by atoms with E-state index in [1.165, 1.54) is 0 Å². The topological polar surface area (TPSA) is 75.7 Å². The molecule has 0 aromatic heterocycles. The Labute approximate surface area is 222 Å². The van der Waals surface area contributed by atoms with Gasteiger partial charge in [-0.3, -0.25) is 4.79 Å². The van der Waals surface area contributed by atoms with Gasteiger partial charge in [-0.15, -0.1) is 0 Å². The third-order valence-electron chi connectivity index (χ3n) is 6.61. The molecule has 0 radical (unpaired) electrons. The highest BCUT2D eigenvalue weighted by Crippen LogP contribution is 2.44. The number of likely N-dealkylation sites (N-methyl/N-ethyl adjacent to an activating group) is 1. The number of methoxy groups -OCH3 is 5. The molecule has 0 saturated carbocycles. The quantitative estimate of drug-likeness (QED) is 0.255. The lowest BCUT2D eigenvalue weighted by Gasteiger charge is -2.20. The highest BCUT2D eigenvalue weighted by atomic mass is 16.5. The van der Waals surface area contributed by atoms with E-state index in [2.05, 4.69) is 6.07 Å². The fraction of sp³-hybridized carbons (Fsp3) is 0.300. The number of carbonyl (C=O) groups is 1. The molecule has 8 heteroatoms. The first kappa shape index (κ1) is 26.7. The van der Waals surface area contributed by atoms with Gasteiger partial charge in [0.2, 0.25) is 0 Å². The number of fused-ring (bicyclic) bond motifs is 3. The van der Waals surface area contributed by atoms with E-state index in [0.29, 0.717) is 41.7 Å². The summed E-state index contributed by atoms with van der Waals surface area (Å²) in [6, 6.07) is 17.1. The first-order valence-corrected chi connectivity index (χ1v) is 12.2. The maximum Gasteiger partial charge on any atom is 0.260 e. The molecule has 4 aromatic carbocycles. The largest absolute Gasteiger partial charge is 0.497 e. The van der Waals surface area contributed by atoms with Gasteiger partial charge in [0.05, 0.1) is 35.5 Å². The lowest BCUT2D eigenvalue weighted by Crippen LogP contribution is -2.33. The number of rotatable bonds is 11. The summed E-state index contributed by atoms with van der Waals surface area (Å²) in [6.07, 6.45) is 0.612. The molecule has 8 nitrogen and oxygen atoms in total. The Morgan fingerprint density at radius 2 is 1.37 bits per heavy atom. The van der Waals surface area contributed by atoms with Crippen LogP contribution >= 0.6 is 0 Å². The van der Waals surface area contributed by atoms with Gasteiger partial charge in [0.15, 0.2) is 29.6 Å². The van der Waals surface area contributed by atoms with Crippen LogP contribution in [0.2, 0.25) is 0 Å². The Kier molecular flexibility index (Phi) is 8.31. The molecule has 1 amide bonds. The van der Waals surface area contributed by atoms with E-state index in [-0.39, 0.29) is 12.5 Å². The molecule has 0 heterocycles. The van der Waals surface area contributed by atoms with Crippen molar-refractivity contribution < 1.29 is 33.2 Å². The van der Waals surface area contributed by atoms with Crippen LogP contribution < -0.4 is 28.4 Å². The Bertz CT molecular complexity index is 1430. The summed E-state index contributed by atoms with van der Waals surface area (Å²) in [5.41, 5.74) is 1.03. The van der Waals surface area contributed by atoms with Crippen LogP contribution in [0.3, 0.4) is 0 Å². The normalized spacial score (nSPS) is 10.8. The third kappa shape index (κ3) is 5.34. The van der Waals surface area contributed by atoms with E-state index < -0.39 is 0 Å². The number of nitrogens with zero attached hydrogens (tertiary/aromatic N) is 1. The Morgan fingerprint density at radius 1 is 0.711 bits per heavy atom. The van der Waals surface area contributed by atoms with Crippen molar-refractivity contribution in [1.29, 1.82) is 0 Å². The van der Waals surface area contributed by atoms with Crippen molar-refractivity contribution in [3.05, 3.63) is 60.2 Å². The van der Waals surface area contributed by atoms with Crippen LogP contribution in [0.4, 0.5) is 0 Å². The summed E-state index contributed by atoms with van der Waals surface area (Å²) in [6.45, 7) is 0.446. The van der Waals surface area contributed by atoms with Crippen molar-refractivity contribution in [3.63, 3.8) is 0 Å². The van der Waals surface area contributed by atoms with Gasteiger partial charge in [0.1, 0.15) is 11.5 Å². The Balaban J connectivity index is 1.61. The molecule has 0 aliphatic rings. The number of ether oxygens (including phenoxy) is 6. The molecule has 4 rings (SSSR count). The SMILES string of the molecule is COc1ccc(OCC(=O)N(C)CCc2cc(OC)c(OC)c3c2ccc2cc(OC)c(OC)cc23)cc1. The van der Waals surface area contributed by atoms with Crippen molar-refractivity contribution in [1.82, 2.24) is 4.90 Å². The summed E-state index contributed by atoms with van der Waals surface area (Å²) >= 11 is 0. The van der Waals surface area contributed by atoms with E-state index in [4.69, 9.17) is 28.4 Å². The van der Waals surface area contributed by atoms with Gasteiger partial charge >= 0.3 is 0 Å². The van der Waals surface area contributed by atoms with Crippen molar-refractivity contribution >= 4 is 27.5 Å². The van der Waals surface area contributed by atoms with Gasteiger partial charge in [-0.25, -0.2) is 0 Å². The lowest BCUT2D eigenvalue weighted by molar-refractivity contribution is -0.132. The standard InChI is InChI=1S/C30H33NO7/c1-31(28(32)18-38-22-10-8-21(33-2)9-11-22)14-13-20-16-27(36-5)30(37-6)29-23(20)12-7-19-15-25(34-3)26(35-4)17-24(19)29/h7-12,15-17H,13-14,18H2,1-6H3. The minimum absolute atomic E-state index is 0.0538. The summed E-state index contributed by atoms with van der Waals surface area (Å²) in [4.78, 5) is 14.4. The summed E-state index contributed by atoms with van der Waals surface area (Å²) in [5.74, 6) is 3.76. The molecule has 0 fully saturated rings.